The molecule has 128 valence electrons. The molecule has 6 heteroatoms. The van der Waals surface area contributed by atoms with Crippen molar-refractivity contribution in [2.75, 3.05) is 6.54 Å². The summed E-state index contributed by atoms with van der Waals surface area (Å²) < 4.78 is 12.9. The van der Waals surface area contributed by atoms with E-state index in [1.54, 1.807) is 18.2 Å². The molecular weight excluding hydrogens is 359 g/mol. The third-order valence-electron chi connectivity index (χ3n) is 3.72. The molecular formula is C19H16ClFN2OS. The van der Waals surface area contributed by atoms with Gasteiger partial charge < -0.3 is 5.32 Å². The van der Waals surface area contributed by atoms with Gasteiger partial charge in [-0.1, -0.05) is 41.9 Å². The number of aromatic nitrogens is 1. The Morgan fingerprint density at radius 2 is 1.92 bits per heavy atom. The first-order valence-corrected chi connectivity index (χ1v) is 8.99. The number of thiazole rings is 1. The summed E-state index contributed by atoms with van der Waals surface area (Å²) in [4.78, 5) is 17.5. The van der Waals surface area contributed by atoms with Gasteiger partial charge in [0.2, 0.25) is 0 Å². The monoisotopic (exact) mass is 374 g/mol. The van der Waals surface area contributed by atoms with Crippen molar-refractivity contribution in [3.63, 3.8) is 0 Å². The van der Waals surface area contributed by atoms with Crippen molar-refractivity contribution in [1.29, 1.82) is 0 Å². The van der Waals surface area contributed by atoms with Crippen molar-refractivity contribution in [2.45, 2.75) is 13.3 Å². The fraction of sp³-hybridized carbons (Fsp3) is 0.158. The lowest BCUT2D eigenvalue weighted by Crippen LogP contribution is -2.25. The van der Waals surface area contributed by atoms with Crippen molar-refractivity contribution < 1.29 is 9.18 Å². The minimum Gasteiger partial charge on any atom is -0.351 e. The van der Waals surface area contributed by atoms with Crippen LogP contribution in [0, 0.1) is 12.7 Å². The van der Waals surface area contributed by atoms with E-state index in [2.05, 4.69) is 10.3 Å². The van der Waals surface area contributed by atoms with Gasteiger partial charge in [0, 0.05) is 12.1 Å². The Morgan fingerprint density at radius 1 is 1.20 bits per heavy atom. The molecule has 0 spiro atoms. The molecule has 0 bridgehead atoms. The lowest BCUT2D eigenvalue weighted by Gasteiger charge is -2.04. The Morgan fingerprint density at radius 3 is 2.64 bits per heavy atom. The van der Waals surface area contributed by atoms with E-state index >= 15 is 0 Å². The maximum absolute atomic E-state index is 12.9. The first-order chi connectivity index (χ1) is 12.0. The van der Waals surface area contributed by atoms with Gasteiger partial charge in [0.05, 0.1) is 10.7 Å². The van der Waals surface area contributed by atoms with Crippen molar-refractivity contribution in [3.05, 3.63) is 75.5 Å². The minimum atomic E-state index is -0.264. The molecule has 2 aromatic carbocycles. The van der Waals surface area contributed by atoms with Crippen LogP contribution in [0.25, 0.3) is 10.6 Å². The molecule has 1 N–H and O–H groups in total. The second-order valence-electron chi connectivity index (χ2n) is 5.55. The Hall–Kier alpha value is -2.24. The molecule has 0 aliphatic carbocycles. The first-order valence-electron chi connectivity index (χ1n) is 7.79. The number of hydrogen-bond acceptors (Lipinski definition) is 3. The van der Waals surface area contributed by atoms with Crippen molar-refractivity contribution in [2.24, 2.45) is 0 Å². The van der Waals surface area contributed by atoms with E-state index in [9.17, 15) is 9.18 Å². The number of rotatable bonds is 5. The van der Waals surface area contributed by atoms with Crippen LogP contribution in [0.15, 0.2) is 48.5 Å². The minimum absolute atomic E-state index is 0.157. The van der Waals surface area contributed by atoms with Gasteiger partial charge in [-0.25, -0.2) is 9.37 Å². The van der Waals surface area contributed by atoms with Gasteiger partial charge in [0.15, 0.2) is 0 Å². The topological polar surface area (TPSA) is 42.0 Å². The van der Waals surface area contributed by atoms with Gasteiger partial charge in [-0.05, 0) is 37.1 Å². The zero-order chi connectivity index (χ0) is 17.8. The molecule has 1 aromatic heterocycles. The quantitative estimate of drug-likeness (QED) is 0.691. The molecule has 0 radical (unpaired) electrons. The van der Waals surface area contributed by atoms with Crippen LogP contribution in [0.3, 0.4) is 0 Å². The molecule has 0 saturated heterocycles. The Kier molecular flexibility index (Phi) is 5.46. The lowest BCUT2D eigenvalue weighted by atomic mass is 10.1. The van der Waals surface area contributed by atoms with Gasteiger partial charge in [-0.3, -0.25) is 4.79 Å². The van der Waals surface area contributed by atoms with Crippen LogP contribution in [0.1, 0.15) is 20.9 Å². The van der Waals surface area contributed by atoms with E-state index < -0.39 is 0 Å². The average molecular weight is 375 g/mol. The molecule has 1 heterocycles. The molecule has 3 rings (SSSR count). The van der Waals surface area contributed by atoms with E-state index in [1.807, 2.05) is 25.1 Å². The number of amides is 1. The number of benzene rings is 2. The molecule has 0 fully saturated rings. The standard InChI is InChI=1S/C19H16ClFN2OS/c1-12-17(25-19(23-12)15-4-2-3-5-16(15)20)18(24)22-11-10-13-6-8-14(21)9-7-13/h2-9H,10-11H2,1H3,(H,22,24). The van der Waals surface area contributed by atoms with Gasteiger partial charge >= 0.3 is 0 Å². The summed E-state index contributed by atoms with van der Waals surface area (Å²) in [6.07, 6.45) is 0.640. The molecule has 25 heavy (non-hydrogen) atoms. The van der Waals surface area contributed by atoms with Crippen LogP contribution in [0.2, 0.25) is 5.02 Å². The second kappa shape index (κ2) is 7.76. The second-order valence-corrected chi connectivity index (χ2v) is 6.95. The zero-order valence-corrected chi connectivity index (χ0v) is 15.1. The predicted octanol–water partition coefficient (Wildman–Crippen LogP) is 4.88. The van der Waals surface area contributed by atoms with Crippen molar-refractivity contribution >= 4 is 28.8 Å². The van der Waals surface area contributed by atoms with Crippen LogP contribution in [-0.2, 0) is 6.42 Å². The fourth-order valence-corrected chi connectivity index (χ4v) is 3.71. The summed E-state index contributed by atoms with van der Waals surface area (Å²) in [5.41, 5.74) is 2.47. The number of hydrogen-bond donors (Lipinski definition) is 1. The molecule has 0 aliphatic rings. The number of carbonyl (C=O) groups excluding carboxylic acids is 1. The van der Waals surface area contributed by atoms with Gasteiger partial charge in [-0.15, -0.1) is 11.3 Å². The smallest absolute Gasteiger partial charge is 0.263 e. The zero-order valence-electron chi connectivity index (χ0n) is 13.6. The lowest BCUT2D eigenvalue weighted by molar-refractivity contribution is 0.0957. The highest BCUT2D eigenvalue weighted by Gasteiger charge is 2.17. The third-order valence-corrected chi connectivity index (χ3v) is 5.24. The Labute approximate surface area is 154 Å². The molecule has 0 saturated carbocycles. The third kappa shape index (κ3) is 4.24. The summed E-state index contributed by atoms with van der Waals surface area (Å²) in [6, 6.07) is 13.7. The van der Waals surface area contributed by atoms with Crippen molar-refractivity contribution in [1.82, 2.24) is 10.3 Å². The average Bonchev–Trinajstić information content (AvgIpc) is 2.98. The van der Waals surface area contributed by atoms with Gasteiger partial charge in [-0.2, -0.15) is 0 Å². The van der Waals surface area contributed by atoms with E-state index in [-0.39, 0.29) is 11.7 Å². The summed E-state index contributed by atoms with van der Waals surface area (Å²) in [5.74, 6) is -0.421. The van der Waals surface area contributed by atoms with Crippen LogP contribution in [0.5, 0.6) is 0 Å². The molecule has 3 nitrogen and oxygen atoms in total. The first kappa shape index (κ1) is 17.6. The largest absolute Gasteiger partial charge is 0.351 e. The van der Waals surface area contributed by atoms with Crippen LogP contribution in [0.4, 0.5) is 4.39 Å². The predicted molar refractivity (Wildman–Crippen MR) is 99.7 cm³/mol. The fourth-order valence-electron chi connectivity index (χ4n) is 2.41. The number of nitrogens with one attached hydrogen (secondary N) is 1. The normalized spacial score (nSPS) is 10.7. The van der Waals surface area contributed by atoms with Gasteiger partial charge in [0.25, 0.3) is 5.91 Å². The summed E-state index contributed by atoms with van der Waals surface area (Å²) in [5, 5.41) is 4.23. The highest BCUT2D eigenvalue weighted by molar-refractivity contribution is 7.17. The summed E-state index contributed by atoms with van der Waals surface area (Å²) in [7, 11) is 0. The van der Waals surface area contributed by atoms with E-state index in [4.69, 9.17) is 11.6 Å². The number of aryl methyl sites for hydroxylation is 1. The van der Waals surface area contributed by atoms with Crippen LogP contribution in [-0.4, -0.2) is 17.4 Å². The molecule has 1 amide bonds. The molecule has 3 aromatic rings. The molecule has 0 unspecified atom stereocenters. The SMILES string of the molecule is Cc1nc(-c2ccccc2Cl)sc1C(=O)NCCc1ccc(F)cc1. The van der Waals surface area contributed by atoms with Gasteiger partial charge in [0.1, 0.15) is 15.7 Å². The molecule has 0 atom stereocenters. The highest BCUT2D eigenvalue weighted by atomic mass is 35.5. The highest BCUT2D eigenvalue weighted by Crippen LogP contribution is 2.32. The van der Waals surface area contributed by atoms with Crippen LogP contribution < -0.4 is 5.32 Å². The summed E-state index contributed by atoms with van der Waals surface area (Å²) in [6.45, 7) is 2.29. The number of halogens is 2. The summed E-state index contributed by atoms with van der Waals surface area (Å²) >= 11 is 7.53. The Balaban J connectivity index is 1.66. The maximum Gasteiger partial charge on any atom is 0.263 e. The van der Waals surface area contributed by atoms with Crippen molar-refractivity contribution in [3.8, 4) is 10.6 Å². The van der Waals surface area contributed by atoms with E-state index in [0.29, 0.717) is 28.6 Å². The molecule has 0 aliphatic heterocycles. The maximum atomic E-state index is 12.9. The number of carbonyl (C=O) groups is 1. The van der Waals surface area contributed by atoms with E-state index in [1.165, 1.54) is 23.5 Å². The Bertz CT molecular complexity index is 893. The number of nitrogens with zero attached hydrogens (tertiary/aromatic N) is 1. The van der Waals surface area contributed by atoms with E-state index in [0.717, 1.165) is 16.1 Å². The van der Waals surface area contributed by atoms with Crippen LogP contribution >= 0.6 is 22.9 Å².